The molecule has 0 aliphatic rings. The molecule has 1 aromatic rings. The highest BCUT2D eigenvalue weighted by molar-refractivity contribution is 9.10. The van der Waals surface area contributed by atoms with Gasteiger partial charge >= 0.3 is 0 Å². The van der Waals surface area contributed by atoms with Crippen molar-refractivity contribution < 1.29 is 9.18 Å². The van der Waals surface area contributed by atoms with E-state index in [0.717, 1.165) is 19.3 Å². The van der Waals surface area contributed by atoms with Crippen molar-refractivity contribution >= 4 is 21.8 Å². The van der Waals surface area contributed by atoms with Gasteiger partial charge < -0.3 is 5.32 Å². The van der Waals surface area contributed by atoms with Crippen LogP contribution in [0.4, 0.5) is 4.39 Å². The molecule has 0 aliphatic heterocycles. The largest absolute Gasteiger partial charge is 0.350 e. The molecular formula is C13H17BrFNO. The quantitative estimate of drug-likeness (QED) is 0.878. The van der Waals surface area contributed by atoms with Gasteiger partial charge in [-0.05, 0) is 47.5 Å². The molecule has 1 aromatic carbocycles. The third kappa shape index (κ3) is 4.46. The zero-order valence-electron chi connectivity index (χ0n) is 10.1. The molecule has 0 radical (unpaired) electrons. The van der Waals surface area contributed by atoms with Crippen molar-refractivity contribution in [2.45, 2.75) is 39.2 Å². The lowest BCUT2D eigenvalue weighted by Crippen LogP contribution is -2.32. The van der Waals surface area contributed by atoms with Crippen LogP contribution in [0.1, 0.15) is 43.5 Å². The molecule has 1 atom stereocenters. The zero-order valence-corrected chi connectivity index (χ0v) is 11.7. The smallest absolute Gasteiger partial charge is 0.252 e. The van der Waals surface area contributed by atoms with E-state index in [1.54, 1.807) is 0 Å². The van der Waals surface area contributed by atoms with Crippen molar-refractivity contribution in [3.05, 3.63) is 34.1 Å². The molecular weight excluding hydrogens is 285 g/mol. The van der Waals surface area contributed by atoms with Crippen LogP contribution in [0.25, 0.3) is 0 Å². The van der Waals surface area contributed by atoms with Crippen LogP contribution in [0.3, 0.4) is 0 Å². The van der Waals surface area contributed by atoms with Crippen molar-refractivity contribution in [1.82, 2.24) is 5.32 Å². The summed E-state index contributed by atoms with van der Waals surface area (Å²) in [5.74, 6) is -0.520. The first-order valence-corrected chi connectivity index (χ1v) is 6.59. The summed E-state index contributed by atoms with van der Waals surface area (Å²) in [6.45, 7) is 4.09. The van der Waals surface area contributed by atoms with Crippen LogP contribution >= 0.6 is 15.9 Å². The predicted molar refractivity (Wildman–Crippen MR) is 70.6 cm³/mol. The van der Waals surface area contributed by atoms with Gasteiger partial charge in [0.15, 0.2) is 0 Å². The van der Waals surface area contributed by atoms with Gasteiger partial charge in [-0.25, -0.2) is 4.39 Å². The summed E-state index contributed by atoms with van der Waals surface area (Å²) in [4.78, 5) is 11.9. The average Bonchev–Trinajstić information content (AvgIpc) is 2.26. The van der Waals surface area contributed by atoms with Gasteiger partial charge in [0.1, 0.15) is 5.82 Å². The molecule has 0 heterocycles. The number of hydrogen-bond acceptors (Lipinski definition) is 1. The molecule has 0 saturated heterocycles. The van der Waals surface area contributed by atoms with Gasteiger partial charge in [-0.1, -0.05) is 19.8 Å². The third-order valence-corrected chi connectivity index (χ3v) is 3.20. The Morgan fingerprint density at radius 1 is 1.53 bits per heavy atom. The number of benzene rings is 1. The second kappa shape index (κ2) is 6.74. The molecule has 2 nitrogen and oxygen atoms in total. The maximum Gasteiger partial charge on any atom is 0.252 e. The number of carbonyl (C=O) groups is 1. The van der Waals surface area contributed by atoms with Crippen molar-refractivity contribution in [3.63, 3.8) is 0 Å². The lowest BCUT2D eigenvalue weighted by Gasteiger charge is -2.14. The SMILES string of the molecule is CCCCC(C)NC(=O)c1ccc(F)cc1Br. The zero-order chi connectivity index (χ0) is 12.8. The molecule has 1 unspecified atom stereocenters. The summed E-state index contributed by atoms with van der Waals surface area (Å²) in [6.07, 6.45) is 3.16. The van der Waals surface area contributed by atoms with E-state index in [4.69, 9.17) is 0 Å². The molecule has 1 rings (SSSR count). The summed E-state index contributed by atoms with van der Waals surface area (Å²) >= 11 is 3.19. The van der Waals surface area contributed by atoms with Crippen molar-refractivity contribution in [2.24, 2.45) is 0 Å². The first-order chi connectivity index (χ1) is 8.04. The van der Waals surface area contributed by atoms with Gasteiger partial charge in [0.25, 0.3) is 5.91 Å². The Morgan fingerprint density at radius 3 is 2.82 bits per heavy atom. The Balaban J connectivity index is 2.63. The highest BCUT2D eigenvalue weighted by Crippen LogP contribution is 2.18. The van der Waals surface area contributed by atoms with E-state index < -0.39 is 0 Å². The Kier molecular flexibility index (Phi) is 5.62. The number of nitrogens with one attached hydrogen (secondary N) is 1. The van der Waals surface area contributed by atoms with Gasteiger partial charge in [0.05, 0.1) is 5.56 Å². The summed E-state index contributed by atoms with van der Waals surface area (Å²) in [5.41, 5.74) is 0.467. The number of carbonyl (C=O) groups excluding carboxylic acids is 1. The second-order valence-electron chi connectivity index (χ2n) is 4.14. The number of halogens is 2. The van der Waals surface area contributed by atoms with Crippen LogP contribution in [0.15, 0.2) is 22.7 Å². The lowest BCUT2D eigenvalue weighted by molar-refractivity contribution is 0.0937. The van der Waals surface area contributed by atoms with Crippen molar-refractivity contribution in [2.75, 3.05) is 0 Å². The molecule has 0 aromatic heterocycles. The van der Waals surface area contributed by atoms with Gasteiger partial charge in [0.2, 0.25) is 0 Å². The summed E-state index contributed by atoms with van der Waals surface area (Å²) in [7, 11) is 0. The molecule has 94 valence electrons. The lowest BCUT2D eigenvalue weighted by atomic mass is 10.1. The van der Waals surface area contributed by atoms with Crippen LogP contribution < -0.4 is 5.32 Å². The topological polar surface area (TPSA) is 29.1 Å². The molecule has 0 aliphatic carbocycles. The fourth-order valence-electron chi connectivity index (χ4n) is 1.56. The van der Waals surface area contributed by atoms with Crippen LogP contribution in [-0.4, -0.2) is 11.9 Å². The normalized spacial score (nSPS) is 12.2. The van der Waals surface area contributed by atoms with Crippen molar-refractivity contribution in [3.8, 4) is 0 Å². The Bertz CT molecular complexity index is 395. The van der Waals surface area contributed by atoms with E-state index in [-0.39, 0.29) is 17.8 Å². The highest BCUT2D eigenvalue weighted by atomic mass is 79.9. The Hall–Kier alpha value is -0.900. The maximum absolute atomic E-state index is 12.9. The number of unbranched alkanes of at least 4 members (excludes halogenated alkanes) is 1. The third-order valence-electron chi connectivity index (χ3n) is 2.54. The fraction of sp³-hybridized carbons (Fsp3) is 0.462. The molecule has 1 amide bonds. The summed E-state index contributed by atoms with van der Waals surface area (Å²) in [6, 6.07) is 4.21. The molecule has 0 bridgehead atoms. The highest BCUT2D eigenvalue weighted by Gasteiger charge is 2.12. The molecule has 0 saturated carbocycles. The summed E-state index contributed by atoms with van der Waals surface area (Å²) in [5, 5.41) is 2.90. The minimum Gasteiger partial charge on any atom is -0.350 e. The van der Waals surface area contributed by atoms with Gasteiger partial charge in [-0.15, -0.1) is 0 Å². The van der Waals surface area contributed by atoms with E-state index in [9.17, 15) is 9.18 Å². The van der Waals surface area contributed by atoms with Gasteiger partial charge in [-0.2, -0.15) is 0 Å². The minimum absolute atomic E-state index is 0.138. The fourth-order valence-corrected chi connectivity index (χ4v) is 2.09. The van der Waals surface area contributed by atoms with Crippen LogP contribution in [0, 0.1) is 5.82 Å². The van der Waals surface area contributed by atoms with Crippen LogP contribution in [-0.2, 0) is 0 Å². The number of rotatable bonds is 5. The summed E-state index contributed by atoms with van der Waals surface area (Å²) < 4.78 is 13.4. The molecule has 17 heavy (non-hydrogen) atoms. The predicted octanol–water partition coefficient (Wildman–Crippen LogP) is 3.90. The molecule has 4 heteroatoms. The Morgan fingerprint density at radius 2 is 2.24 bits per heavy atom. The monoisotopic (exact) mass is 301 g/mol. The van der Waals surface area contributed by atoms with Crippen LogP contribution in [0.5, 0.6) is 0 Å². The molecule has 0 spiro atoms. The first-order valence-electron chi connectivity index (χ1n) is 5.80. The minimum atomic E-state index is -0.354. The molecule has 1 N–H and O–H groups in total. The second-order valence-corrected chi connectivity index (χ2v) is 5.00. The maximum atomic E-state index is 12.9. The van der Waals surface area contributed by atoms with Gasteiger partial charge in [-0.3, -0.25) is 4.79 Å². The van der Waals surface area contributed by atoms with E-state index in [1.165, 1.54) is 18.2 Å². The van der Waals surface area contributed by atoms with Gasteiger partial charge in [0, 0.05) is 10.5 Å². The number of hydrogen-bond donors (Lipinski definition) is 1. The van der Waals surface area contributed by atoms with Crippen LogP contribution in [0.2, 0.25) is 0 Å². The number of amides is 1. The first kappa shape index (κ1) is 14.2. The van der Waals surface area contributed by atoms with Crippen molar-refractivity contribution in [1.29, 1.82) is 0 Å². The Labute approximate surface area is 110 Å². The standard InChI is InChI=1S/C13H17BrFNO/c1-3-4-5-9(2)16-13(17)11-7-6-10(15)8-12(11)14/h6-9H,3-5H2,1-2H3,(H,16,17). The average molecular weight is 302 g/mol. The molecule has 0 fully saturated rings. The van der Waals surface area contributed by atoms with E-state index in [1.807, 2.05) is 6.92 Å². The van der Waals surface area contributed by atoms with E-state index in [2.05, 4.69) is 28.2 Å². The van der Waals surface area contributed by atoms with E-state index >= 15 is 0 Å². The van der Waals surface area contributed by atoms with E-state index in [0.29, 0.717) is 10.0 Å².